The number of morpholine rings is 1. The summed E-state index contributed by atoms with van der Waals surface area (Å²) in [5.41, 5.74) is 8.21. The second-order valence-electron chi connectivity index (χ2n) is 9.34. The summed E-state index contributed by atoms with van der Waals surface area (Å²) in [4.78, 5) is 25.9. The van der Waals surface area contributed by atoms with E-state index >= 15 is 0 Å². The molecule has 4 aromatic rings. The van der Waals surface area contributed by atoms with Gasteiger partial charge in [-0.2, -0.15) is 19.6 Å². The molecule has 2 aromatic carbocycles. The van der Waals surface area contributed by atoms with Crippen LogP contribution in [0, 0.1) is 0 Å². The summed E-state index contributed by atoms with van der Waals surface area (Å²) in [5, 5.41) is 4.70. The van der Waals surface area contributed by atoms with Crippen LogP contribution in [0.3, 0.4) is 0 Å². The van der Waals surface area contributed by atoms with E-state index in [1.807, 2.05) is 42.5 Å². The SMILES string of the molecule is NC(=O)c1ccc(-c2cnn3c(N(CCN4CCOCC4)C4CC4)nc(Oc4ccccc4)nc23)cc1. The number of amides is 1. The molecule has 37 heavy (non-hydrogen) atoms. The Balaban J connectivity index is 1.40. The molecule has 10 nitrogen and oxygen atoms in total. The number of nitrogens with two attached hydrogens (primary N) is 1. The van der Waals surface area contributed by atoms with Crippen LogP contribution in [0.2, 0.25) is 0 Å². The van der Waals surface area contributed by atoms with Crippen LogP contribution in [0.5, 0.6) is 11.8 Å². The van der Waals surface area contributed by atoms with Gasteiger partial charge in [-0.25, -0.2) is 0 Å². The fourth-order valence-corrected chi connectivity index (χ4v) is 4.59. The summed E-state index contributed by atoms with van der Waals surface area (Å²) >= 11 is 0. The molecule has 2 aliphatic rings. The summed E-state index contributed by atoms with van der Waals surface area (Å²) < 4.78 is 13.4. The van der Waals surface area contributed by atoms with Gasteiger partial charge in [0.25, 0.3) is 0 Å². The number of carbonyl (C=O) groups is 1. The Hall–Kier alpha value is -4.02. The van der Waals surface area contributed by atoms with Gasteiger partial charge in [-0.15, -0.1) is 0 Å². The van der Waals surface area contributed by atoms with Crippen LogP contribution in [0.25, 0.3) is 16.8 Å². The molecule has 0 bridgehead atoms. The fraction of sp³-hybridized carbons (Fsp3) is 0.333. The maximum Gasteiger partial charge on any atom is 0.327 e. The molecule has 6 rings (SSSR count). The number of hydrogen-bond acceptors (Lipinski definition) is 8. The fourth-order valence-electron chi connectivity index (χ4n) is 4.59. The number of nitrogens with zero attached hydrogens (tertiary/aromatic N) is 6. The zero-order valence-electron chi connectivity index (χ0n) is 20.5. The first-order chi connectivity index (χ1) is 18.2. The third-order valence-electron chi connectivity index (χ3n) is 6.77. The van der Waals surface area contributed by atoms with E-state index in [1.165, 1.54) is 0 Å². The van der Waals surface area contributed by atoms with Crippen molar-refractivity contribution in [3.05, 3.63) is 66.4 Å². The minimum absolute atomic E-state index is 0.265. The lowest BCUT2D eigenvalue weighted by molar-refractivity contribution is 0.0391. The van der Waals surface area contributed by atoms with Crippen molar-refractivity contribution in [3.8, 4) is 22.9 Å². The first-order valence-corrected chi connectivity index (χ1v) is 12.6. The topological polar surface area (TPSA) is 111 Å². The van der Waals surface area contributed by atoms with Crippen molar-refractivity contribution in [3.63, 3.8) is 0 Å². The number of anilines is 1. The first-order valence-electron chi connectivity index (χ1n) is 12.6. The molecule has 2 aromatic heterocycles. The summed E-state index contributed by atoms with van der Waals surface area (Å²) in [6.45, 7) is 5.16. The lowest BCUT2D eigenvalue weighted by Crippen LogP contribution is -2.42. The maximum atomic E-state index is 11.5. The van der Waals surface area contributed by atoms with Crippen molar-refractivity contribution < 1.29 is 14.3 Å². The Bertz CT molecular complexity index is 1380. The summed E-state index contributed by atoms with van der Waals surface area (Å²) in [6, 6.07) is 17.3. The van der Waals surface area contributed by atoms with Crippen LogP contribution in [0.1, 0.15) is 23.2 Å². The molecular weight excluding hydrogens is 470 g/mol. The van der Waals surface area contributed by atoms with Crippen LogP contribution in [-0.4, -0.2) is 75.8 Å². The van der Waals surface area contributed by atoms with Crippen molar-refractivity contribution in [2.75, 3.05) is 44.3 Å². The summed E-state index contributed by atoms with van der Waals surface area (Å²) in [5.74, 6) is 0.914. The van der Waals surface area contributed by atoms with Gasteiger partial charge in [0.15, 0.2) is 5.65 Å². The van der Waals surface area contributed by atoms with Crippen molar-refractivity contribution in [2.45, 2.75) is 18.9 Å². The standard InChI is InChI=1S/C27H29N7O3/c28-24(35)20-8-6-19(7-9-20)23-18-29-34-25(23)30-26(37-22-4-2-1-3-5-22)31-27(34)33(21-10-11-21)13-12-32-14-16-36-17-15-32/h1-9,18,21H,10-17H2,(H2,28,35). The zero-order chi connectivity index (χ0) is 25.2. The number of carbonyl (C=O) groups excluding carboxylic acids is 1. The lowest BCUT2D eigenvalue weighted by Gasteiger charge is -2.30. The molecule has 1 saturated carbocycles. The second kappa shape index (κ2) is 10.2. The van der Waals surface area contributed by atoms with Crippen LogP contribution in [0.15, 0.2) is 60.8 Å². The van der Waals surface area contributed by atoms with E-state index in [0.29, 0.717) is 29.0 Å². The lowest BCUT2D eigenvalue weighted by atomic mass is 10.1. The number of primary amides is 1. The van der Waals surface area contributed by atoms with Gasteiger partial charge in [-0.3, -0.25) is 9.69 Å². The average molecular weight is 500 g/mol. The zero-order valence-corrected chi connectivity index (χ0v) is 20.5. The summed E-state index contributed by atoms with van der Waals surface area (Å²) in [7, 11) is 0. The predicted octanol–water partition coefficient (Wildman–Crippen LogP) is 2.98. The number of para-hydroxylation sites is 1. The van der Waals surface area contributed by atoms with E-state index in [9.17, 15) is 4.79 Å². The van der Waals surface area contributed by atoms with E-state index in [4.69, 9.17) is 30.3 Å². The minimum atomic E-state index is -0.463. The Labute approximate surface area is 214 Å². The molecule has 3 heterocycles. The van der Waals surface area contributed by atoms with Gasteiger partial charge in [0.05, 0.1) is 19.4 Å². The third kappa shape index (κ3) is 5.11. The normalized spacial score (nSPS) is 16.1. The van der Waals surface area contributed by atoms with Crippen LogP contribution in [-0.2, 0) is 4.74 Å². The number of hydrogen-bond donors (Lipinski definition) is 1. The van der Waals surface area contributed by atoms with Crippen LogP contribution in [0.4, 0.5) is 5.95 Å². The quantitative estimate of drug-likeness (QED) is 0.374. The molecular formula is C27H29N7O3. The molecule has 2 fully saturated rings. The highest BCUT2D eigenvalue weighted by Crippen LogP contribution is 2.34. The molecule has 2 N–H and O–H groups in total. The minimum Gasteiger partial charge on any atom is -0.424 e. The Kier molecular flexibility index (Phi) is 6.42. The van der Waals surface area contributed by atoms with Gasteiger partial charge < -0.3 is 20.1 Å². The van der Waals surface area contributed by atoms with Gasteiger partial charge in [-0.1, -0.05) is 30.3 Å². The van der Waals surface area contributed by atoms with Gasteiger partial charge >= 0.3 is 6.01 Å². The number of ether oxygens (including phenoxy) is 2. The highest BCUT2D eigenvalue weighted by Gasteiger charge is 2.33. The van der Waals surface area contributed by atoms with E-state index in [2.05, 4.69) is 9.80 Å². The molecule has 0 unspecified atom stereocenters. The number of rotatable bonds is 9. The first kappa shape index (κ1) is 23.4. The largest absolute Gasteiger partial charge is 0.424 e. The van der Waals surface area contributed by atoms with Crippen molar-refractivity contribution >= 4 is 17.5 Å². The molecule has 0 radical (unpaired) electrons. The van der Waals surface area contributed by atoms with Crippen molar-refractivity contribution in [2.24, 2.45) is 5.73 Å². The van der Waals surface area contributed by atoms with Crippen molar-refractivity contribution in [1.29, 1.82) is 0 Å². The van der Waals surface area contributed by atoms with Gasteiger partial charge in [0.2, 0.25) is 11.9 Å². The van der Waals surface area contributed by atoms with E-state index in [-0.39, 0.29) is 6.01 Å². The second-order valence-corrected chi connectivity index (χ2v) is 9.34. The van der Waals surface area contributed by atoms with Gasteiger partial charge in [0.1, 0.15) is 5.75 Å². The smallest absolute Gasteiger partial charge is 0.327 e. The molecule has 1 aliphatic heterocycles. The molecule has 190 valence electrons. The number of benzene rings is 2. The van der Waals surface area contributed by atoms with Crippen LogP contribution >= 0.6 is 0 Å². The number of fused-ring (bicyclic) bond motifs is 1. The average Bonchev–Trinajstić information content (AvgIpc) is 3.68. The van der Waals surface area contributed by atoms with Gasteiger partial charge in [0, 0.05) is 43.3 Å². The summed E-state index contributed by atoms with van der Waals surface area (Å²) in [6.07, 6.45) is 4.02. The van der Waals surface area contributed by atoms with E-state index in [1.54, 1.807) is 22.8 Å². The monoisotopic (exact) mass is 499 g/mol. The molecule has 0 spiro atoms. The van der Waals surface area contributed by atoms with E-state index < -0.39 is 5.91 Å². The molecule has 1 saturated heterocycles. The highest BCUT2D eigenvalue weighted by atomic mass is 16.5. The maximum absolute atomic E-state index is 11.5. The van der Waals surface area contributed by atoms with Crippen molar-refractivity contribution in [1.82, 2.24) is 24.5 Å². The van der Waals surface area contributed by atoms with Gasteiger partial charge in [-0.05, 0) is 42.7 Å². The Morgan fingerprint density at radius 1 is 1.05 bits per heavy atom. The molecule has 0 atom stereocenters. The Morgan fingerprint density at radius 3 is 2.51 bits per heavy atom. The Morgan fingerprint density at radius 2 is 1.81 bits per heavy atom. The number of aromatic nitrogens is 4. The van der Waals surface area contributed by atoms with E-state index in [0.717, 1.165) is 63.4 Å². The molecule has 1 aliphatic carbocycles. The molecule has 10 heteroatoms. The third-order valence-corrected chi connectivity index (χ3v) is 6.77. The molecule has 1 amide bonds. The predicted molar refractivity (Wildman–Crippen MR) is 139 cm³/mol. The highest BCUT2D eigenvalue weighted by molar-refractivity contribution is 5.93. The van der Waals surface area contributed by atoms with Crippen LogP contribution < -0.4 is 15.4 Å².